The van der Waals surface area contributed by atoms with Gasteiger partial charge in [-0.3, -0.25) is 14.4 Å². The van der Waals surface area contributed by atoms with Gasteiger partial charge in [0.2, 0.25) is 8.41 Å². The van der Waals surface area contributed by atoms with Gasteiger partial charge in [-0.25, -0.2) is 0 Å². The third-order valence-electron chi connectivity index (χ3n) is 9.23. The maximum Gasteiger partial charge on any atom is 0.264 e. The highest BCUT2D eigenvalue weighted by Gasteiger charge is 2.66. The molecule has 4 aromatic rings. The lowest BCUT2D eigenvalue weighted by Crippen LogP contribution is -2.45. The Labute approximate surface area is 274 Å². The fraction of sp³-hybridized carbons (Fsp3) is 0.270. The van der Waals surface area contributed by atoms with E-state index < -0.39 is 31.6 Å². The Morgan fingerprint density at radius 1 is 0.872 bits per heavy atom. The van der Waals surface area contributed by atoms with Crippen molar-refractivity contribution in [3.8, 4) is 0 Å². The van der Waals surface area contributed by atoms with Gasteiger partial charge < -0.3 is 29.5 Å². The SMILES string of the molecule is C[C@H]1[C@H]([Si](C)(C)F)[C@@H](CCO)O[C@]12C(=O)N(Cc1cccc(NC(=O)c3ccccc3)c1)c1ccc(NC(=O)c3ccccc3)cc12. The molecule has 0 aromatic heterocycles. The third kappa shape index (κ3) is 6.11. The zero-order chi connectivity index (χ0) is 33.3. The number of hydrogen-bond acceptors (Lipinski definition) is 5. The van der Waals surface area contributed by atoms with Crippen LogP contribution in [-0.4, -0.2) is 43.9 Å². The Morgan fingerprint density at radius 2 is 1.47 bits per heavy atom. The number of nitrogens with one attached hydrogen (secondary N) is 2. The predicted molar refractivity (Wildman–Crippen MR) is 183 cm³/mol. The number of anilines is 3. The van der Waals surface area contributed by atoms with Crippen molar-refractivity contribution in [3.05, 3.63) is 125 Å². The van der Waals surface area contributed by atoms with Gasteiger partial charge in [0.1, 0.15) is 0 Å². The van der Waals surface area contributed by atoms with E-state index in [4.69, 9.17) is 4.74 Å². The number of carbonyl (C=O) groups is 3. The molecule has 8 nitrogen and oxygen atoms in total. The molecular formula is C37H38FN3O5Si. The van der Waals surface area contributed by atoms with E-state index in [1.54, 1.807) is 90.8 Å². The summed E-state index contributed by atoms with van der Waals surface area (Å²) in [5, 5.41) is 15.7. The number of fused-ring (bicyclic) bond motifs is 2. The largest absolute Gasteiger partial charge is 0.396 e. The number of amides is 3. The van der Waals surface area contributed by atoms with Gasteiger partial charge in [-0.05, 0) is 79.7 Å². The van der Waals surface area contributed by atoms with Crippen LogP contribution in [0.15, 0.2) is 103 Å². The van der Waals surface area contributed by atoms with Gasteiger partial charge in [-0.1, -0.05) is 55.5 Å². The maximum absolute atomic E-state index is 16.0. The van der Waals surface area contributed by atoms with Crippen molar-refractivity contribution >= 4 is 43.2 Å². The van der Waals surface area contributed by atoms with Crippen molar-refractivity contribution in [2.45, 2.75) is 50.2 Å². The van der Waals surface area contributed by atoms with Crippen LogP contribution in [0.1, 0.15) is 45.2 Å². The molecule has 0 unspecified atom stereocenters. The summed E-state index contributed by atoms with van der Waals surface area (Å²) < 4.78 is 22.6. The number of carbonyl (C=O) groups excluding carboxylic acids is 3. The molecule has 2 aliphatic rings. The van der Waals surface area contributed by atoms with E-state index in [1.165, 1.54) is 0 Å². The van der Waals surface area contributed by atoms with Crippen molar-refractivity contribution in [2.24, 2.45) is 5.92 Å². The van der Waals surface area contributed by atoms with Crippen LogP contribution < -0.4 is 15.5 Å². The monoisotopic (exact) mass is 651 g/mol. The maximum atomic E-state index is 16.0. The summed E-state index contributed by atoms with van der Waals surface area (Å²) in [4.78, 5) is 42.2. The van der Waals surface area contributed by atoms with Crippen LogP contribution in [0.4, 0.5) is 21.2 Å². The van der Waals surface area contributed by atoms with Gasteiger partial charge in [-0.15, -0.1) is 0 Å². The molecule has 1 spiro atoms. The van der Waals surface area contributed by atoms with Gasteiger partial charge >= 0.3 is 0 Å². The predicted octanol–water partition coefficient (Wildman–Crippen LogP) is 6.90. The molecule has 1 fully saturated rings. The summed E-state index contributed by atoms with van der Waals surface area (Å²) >= 11 is 0. The molecule has 3 N–H and O–H groups in total. The molecule has 0 saturated carbocycles. The Balaban J connectivity index is 1.37. The molecule has 6 rings (SSSR count). The molecule has 10 heteroatoms. The summed E-state index contributed by atoms with van der Waals surface area (Å²) in [5.74, 6) is -1.42. The molecule has 0 aliphatic carbocycles. The second-order valence-corrected chi connectivity index (χ2v) is 16.5. The minimum Gasteiger partial charge on any atom is -0.396 e. The molecular weight excluding hydrogens is 614 g/mol. The van der Waals surface area contributed by atoms with Crippen molar-refractivity contribution < 1.29 is 28.3 Å². The van der Waals surface area contributed by atoms with Gasteiger partial charge in [0.25, 0.3) is 17.7 Å². The van der Waals surface area contributed by atoms with Crippen LogP contribution in [0.25, 0.3) is 0 Å². The highest BCUT2D eigenvalue weighted by atomic mass is 28.4. The number of hydrogen-bond donors (Lipinski definition) is 3. The first-order chi connectivity index (χ1) is 22.5. The summed E-state index contributed by atoms with van der Waals surface area (Å²) in [6.45, 7) is 5.06. The highest BCUT2D eigenvalue weighted by molar-refractivity contribution is 6.72. The average Bonchev–Trinajstić information content (AvgIpc) is 3.48. The van der Waals surface area contributed by atoms with Crippen LogP contribution in [-0.2, 0) is 21.7 Å². The Hall–Kier alpha value is -4.64. The molecule has 242 valence electrons. The van der Waals surface area contributed by atoms with Crippen LogP contribution in [0, 0.1) is 5.92 Å². The molecule has 4 aromatic carbocycles. The molecule has 0 bridgehead atoms. The minimum atomic E-state index is -3.38. The minimum absolute atomic E-state index is 0.167. The van der Waals surface area contributed by atoms with E-state index in [1.807, 2.05) is 37.3 Å². The Kier molecular flexibility index (Phi) is 8.84. The number of benzene rings is 4. The van der Waals surface area contributed by atoms with Crippen LogP contribution in [0.5, 0.6) is 0 Å². The van der Waals surface area contributed by atoms with E-state index in [2.05, 4.69) is 10.6 Å². The quantitative estimate of drug-likeness (QED) is 0.135. The van der Waals surface area contributed by atoms with E-state index in [0.29, 0.717) is 33.8 Å². The number of ether oxygens (including phenoxy) is 1. The summed E-state index contributed by atoms with van der Waals surface area (Å²) in [5.41, 5.74) is 1.92. The van der Waals surface area contributed by atoms with Crippen molar-refractivity contribution in [1.82, 2.24) is 0 Å². The lowest BCUT2D eigenvalue weighted by molar-refractivity contribution is -0.146. The van der Waals surface area contributed by atoms with Crippen molar-refractivity contribution in [1.29, 1.82) is 0 Å². The van der Waals surface area contributed by atoms with E-state index >= 15 is 4.11 Å². The smallest absolute Gasteiger partial charge is 0.264 e. The zero-order valence-electron chi connectivity index (χ0n) is 26.6. The second kappa shape index (κ2) is 12.9. The van der Waals surface area contributed by atoms with E-state index in [-0.39, 0.29) is 37.3 Å². The normalized spacial score (nSPS) is 21.9. The molecule has 47 heavy (non-hydrogen) atoms. The molecule has 4 atom stereocenters. The standard InChI is InChI=1S/C37H38FN3O5Si/c1-24-33(47(2,3)38)32(19-20-42)46-37(24)30-22-29(40-35(44)27-14-8-5-9-15-27)17-18-31(30)41(36(37)45)23-25-11-10-16-28(21-25)39-34(43)26-12-6-4-7-13-26/h4-18,21-22,24,32-33,42H,19-20,23H2,1-3H3,(H,39,43)(H,40,44)/t24-,32+,33-,37+/m0/s1. The molecule has 0 radical (unpaired) electrons. The highest BCUT2D eigenvalue weighted by Crippen LogP contribution is 2.60. The van der Waals surface area contributed by atoms with Crippen LogP contribution in [0.2, 0.25) is 18.6 Å². The number of aliphatic hydroxyl groups is 1. The number of rotatable bonds is 9. The number of aliphatic hydroxyl groups excluding tert-OH is 1. The second-order valence-electron chi connectivity index (χ2n) is 12.7. The van der Waals surface area contributed by atoms with Gasteiger partial charge in [0, 0.05) is 46.1 Å². The molecule has 2 aliphatic heterocycles. The molecule has 1 saturated heterocycles. The first-order valence-electron chi connectivity index (χ1n) is 15.8. The van der Waals surface area contributed by atoms with Gasteiger partial charge in [0.15, 0.2) is 5.60 Å². The van der Waals surface area contributed by atoms with Gasteiger partial charge in [0.05, 0.1) is 18.3 Å². The fourth-order valence-electron chi connectivity index (χ4n) is 7.19. The first kappa shape index (κ1) is 32.3. The van der Waals surface area contributed by atoms with Crippen molar-refractivity contribution in [2.75, 3.05) is 22.1 Å². The zero-order valence-corrected chi connectivity index (χ0v) is 27.6. The molecule has 3 amide bonds. The van der Waals surface area contributed by atoms with E-state index in [9.17, 15) is 19.5 Å². The Morgan fingerprint density at radius 3 is 2.04 bits per heavy atom. The fourth-order valence-corrected chi connectivity index (χ4v) is 9.74. The lowest BCUT2D eigenvalue weighted by Gasteiger charge is -2.31. The van der Waals surface area contributed by atoms with Crippen molar-refractivity contribution in [3.63, 3.8) is 0 Å². The van der Waals surface area contributed by atoms with Gasteiger partial charge in [-0.2, -0.15) is 0 Å². The first-order valence-corrected chi connectivity index (χ1v) is 18.7. The summed E-state index contributed by atoms with van der Waals surface area (Å²) in [6.07, 6.45) is -0.453. The number of nitrogens with zero attached hydrogens (tertiary/aromatic N) is 1. The summed E-state index contributed by atoms with van der Waals surface area (Å²) in [6, 6.07) is 30.3. The lowest BCUT2D eigenvalue weighted by atomic mass is 9.82. The van der Waals surface area contributed by atoms with E-state index in [0.717, 1.165) is 5.56 Å². The number of halogens is 1. The van der Waals surface area contributed by atoms with Crippen LogP contribution in [0.3, 0.4) is 0 Å². The molecule has 2 heterocycles. The Bertz CT molecular complexity index is 1800. The third-order valence-corrected chi connectivity index (χ3v) is 11.7. The van der Waals surface area contributed by atoms with Crippen LogP contribution >= 0.6 is 0 Å². The topological polar surface area (TPSA) is 108 Å². The average molecular weight is 652 g/mol. The summed E-state index contributed by atoms with van der Waals surface area (Å²) in [7, 11) is -3.38.